The van der Waals surface area contributed by atoms with Crippen molar-refractivity contribution in [1.29, 1.82) is 0 Å². The summed E-state index contributed by atoms with van der Waals surface area (Å²) in [4.78, 5) is 24.5. The number of alkyl halides is 3. The van der Waals surface area contributed by atoms with Gasteiger partial charge in [0, 0.05) is 5.69 Å². The SMILES string of the molecule is C[C@H]1CS(=O)(=O)N(c2ccc(C(=O)Nc3cccc(C(F)(F)F)c3)c(Cl)c2)C1=O. The molecule has 2 aromatic carbocycles. The van der Waals surface area contributed by atoms with Crippen LogP contribution in [0.3, 0.4) is 0 Å². The highest BCUT2D eigenvalue weighted by Crippen LogP contribution is 2.33. The lowest BCUT2D eigenvalue weighted by Crippen LogP contribution is -2.30. The van der Waals surface area contributed by atoms with E-state index in [1.54, 1.807) is 0 Å². The number of nitrogens with zero attached hydrogens (tertiary/aromatic N) is 1. The van der Waals surface area contributed by atoms with Crippen LogP contribution in [0, 0.1) is 5.92 Å². The van der Waals surface area contributed by atoms with Gasteiger partial charge in [-0.2, -0.15) is 13.2 Å². The molecule has 11 heteroatoms. The molecular formula is C18H14ClF3N2O4S. The predicted molar refractivity (Wildman–Crippen MR) is 101 cm³/mol. The van der Waals surface area contributed by atoms with Crippen LogP contribution in [0.4, 0.5) is 24.5 Å². The lowest BCUT2D eigenvalue weighted by Gasteiger charge is -2.16. The van der Waals surface area contributed by atoms with Crippen molar-refractivity contribution in [3.63, 3.8) is 0 Å². The molecule has 1 aliphatic heterocycles. The third-order valence-electron chi connectivity index (χ3n) is 4.24. The van der Waals surface area contributed by atoms with E-state index in [0.717, 1.165) is 24.3 Å². The van der Waals surface area contributed by atoms with Gasteiger partial charge < -0.3 is 5.32 Å². The van der Waals surface area contributed by atoms with E-state index in [4.69, 9.17) is 11.6 Å². The molecule has 2 aromatic rings. The van der Waals surface area contributed by atoms with Crippen molar-refractivity contribution in [2.75, 3.05) is 15.4 Å². The number of amides is 2. The molecule has 6 nitrogen and oxygen atoms in total. The summed E-state index contributed by atoms with van der Waals surface area (Å²) in [5.74, 6) is -2.43. The molecule has 1 saturated heterocycles. The maximum atomic E-state index is 12.8. The zero-order valence-corrected chi connectivity index (χ0v) is 16.4. The lowest BCUT2D eigenvalue weighted by molar-refractivity contribution is -0.137. The standard InChI is InChI=1S/C18H14ClF3N2O4S/c1-10-9-29(27,28)24(17(10)26)13-5-6-14(15(19)8-13)16(25)23-12-4-2-3-11(7-12)18(20,21)22/h2-8,10H,9H2,1H3,(H,23,25)/t10-/m0/s1. The molecule has 0 aliphatic carbocycles. The van der Waals surface area contributed by atoms with E-state index in [-0.39, 0.29) is 27.7 Å². The van der Waals surface area contributed by atoms with E-state index < -0.39 is 39.5 Å². The number of carbonyl (C=O) groups is 2. The second-order valence-electron chi connectivity index (χ2n) is 6.48. The number of nitrogens with one attached hydrogen (secondary N) is 1. The summed E-state index contributed by atoms with van der Waals surface area (Å²) < 4.78 is 63.3. The Bertz CT molecular complexity index is 1100. The molecular weight excluding hydrogens is 433 g/mol. The van der Waals surface area contributed by atoms with E-state index in [1.165, 1.54) is 25.1 Å². The minimum absolute atomic E-state index is 0.0139. The first-order valence-corrected chi connectivity index (χ1v) is 10.2. The van der Waals surface area contributed by atoms with Gasteiger partial charge in [0.25, 0.3) is 5.91 Å². The summed E-state index contributed by atoms with van der Waals surface area (Å²) >= 11 is 6.08. The Balaban J connectivity index is 1.86. The van der Waals surface area contributed by atoms with Crippen molar-refractivity contribution in [3.8, 4) is 0 Å². The number of halogens is 4. The molecule has 1 atom stereocenters. The quantitative estimate of drug-likeness (QED) is 0.774. The largest absolute Gasteiger partial charge is 0.416 e. The van der Waals surface area contributed by atoms with Crippen molar-refractivity contribution >= 4 is 44.8 Å². The Labute approximate surface area is 169 Å². The highest BCUT2D eigenvalue weighted by Gasteiger charge is 2.42. The molecule has 154 valence electrons. The normalized spacial score (nSPS) is 18.7. The molecule has 0 radical (unpaired) electrons. The van der Waals surface area contributed by atoms with Crippen LogP contribution < -0.4 is 9.62 Å². The van der Waals surface area contributed by atoms with Gasteiger partial charge in [-0.25, -0.2) is 12.7 Å². The van der Waals surface area contributed by atoms with E-state index in [1.807, 2.05) is 0 Å². The second-order valence-corrected chi connectivity index (χ2v) is 8.75. The second kappa shape index (κ2) is 7.34. The number of benzene rings is 2. The summed E-state index contributed by atoms with van der Waals surface area (Å²) in [6, 6.07) is 7.66. The maximum Gasteiger partial charge on any atom is 0.416 e. The molecule has 1 heterocycles. The number of carbonyl (C=O) groups excluding carboxylic acids is 2. The van der Waals surface area contributed by atoms with Crippen LogP contribution in [-0.2, 0) is 21.0 Å². The summed E-state index contributed by atoms with van der Waals surface area (Å²) in [5.41, 5.74) is -1.12. The maximum absolute atomic E-state index is 12.8. The fraction of sp³-hybridized carbons (Fsp3) is 0.222. The van der Waals surface area contributed by atoms with E-state index in [0.29, 0.717) is 4.31 Å². The Morgan fingerprint density at radius 1 is 1.21 bits per heavy atom. The number of hydrogen-bond acceptors (Lipinski definition) is 4. The third kappa shape index (κ3) is 4.23. The van der Waals surface area contributed by atoms with E-state index >= 15 is 0 Å². The first kappa shape index (κ1) is 21.1. The van der Waals surface area contributed by atoms with Crippen molar-refractivity contribution in [1.82, 2.24) is 0 Å². The minimum atomic E-state index is -4.56. The van der Waals surface area contributed by atoms with E-state index in [2.05, 4.69) is 5.32 Å². The fourth-order valence-electron chi connectivity index (χ4n) is 2.87. The van der Waals surface area contributed by atoms with Gasteiger partial charge in [0.2, 0.25) is 15.9 Å². The summed E-state index contributed by atoms with van der Waals surface area (Å²) in [6.07, 6.45) is -4.56. The molecule has 29 heavy (non-hydrogen) atoms. The van der Waals surface area contributed by atoms with Crippen LogP contribution in [0.1, 0.15) is 22.8 Å². The van der Waals surface area contributed by atoms with Crippen LogP contribution in [0.5, 0.6) is 0 Å². The van der Waals surface area contributed by atoms with Gasteiger partial charge in [-0.15, -0.1) is 0 Å². The Morgan fingerprint density at radius 2 is 1.90 bits per heavy atom. The first-order chi connectivity index (χ1) is 13.4. The molecule has 1 aliphatic rings. The van der Waals surface area contributed by atoms with Crippen molar-refractivity contribution in [2.24, 2.45) is 5.92 Å². The van der Waals surface area contributed by atoms with Crippen molar-refractivity contribution in [2.45, 2.75) is 13.1 Å². The number of rotatable bonds is 3. The average molecular weight is 447 g/mol. The average Bonchev–Trinajstić information content (AvgIpc) is 2.81. The van der Waals surface area contributed by atoms with Crippen LogP contribution in [0.25, 0.3) is 0 Å². The number of anilines is 2. The molecule has 0 bridgehead atoms. The summed E-state index contributed by atoms with van der Waals surface area (Å²) in [7, 11) is -3.84. The van der Waals surface area contributed by atoms with Crippen LogP contribution in [-0.4, -0.2) is 26.0 Å². The van der Waals surface area contributed by atoms with Gasteiger partial charge in [0.15, 0.2) is 0 Å². The van der Waals surface area contributed by atoms with Crippen LogP contribution in [0.2, 0.25) is 5.02 Å². The molecule has 1 N–H and O–H groups in total. The molecule has 0 aromatic heterocycles. The van der Waals surface area contributed by atoms with Gasteiger partial charge in [-0.05, 0) is 36.4 Å². The third-order valence-corrected chi connectivity index (χ3v) is 6.42. The minimum Gasteiger partial charge on any atom is -0.322 e. The fourth-order valence-corrected chi connectivity index (χ4v) is 4.95. The van der Waals surface area contributed by atoms with Gasteiger partial charge in [-0.3, -0.25) is 9.59 Å². The summed E-state index contributed by atoms with van der Waals surface area (Å²) in [5, 5.41) is 2.15. The van der Waals surface area contributed by atoms with Gasteiger partial charge in [-0.1, -0.05) is 24.6 Å². The highest BCUT2D eigenvalue weighted by molar-refractivity contribution is 7.94. The van der Waals surface area contributed by atoms with Gasteiger partial charge in [0.1, 0.15) is 0 Å². The van der Waals surface area contributed by atoms with Crippen molar-refractivity contribution in [3.05, 3.63) is 58.6 Å². The molecule has 0 saturated carbocycles. The first-order valence-electron chi connectivity index (χ1n) is 8.25. The van der Waals surface area contributed by atoms with Crippen molar-refractivity contribution < 1.29 is 31.2 Å². The molecule has 0 spiro atoms. The Hall–Kier alpha value is -2.59. The molecule has 2 amide bonds. The molecule has 1 fully saturated rings. The Kier molecular flexibility index (Phi) is 5.35. The zero-order chi connectivity index (χ0) is 21.6. The number of hydrogen-bond donors (Lipinski definition) is 1. The van der Waals surface area contributed by atoms with E-state index in [9.17, 15) is 31.2 Å². The monoisotopic (exact) mass is 446 g/mol. The lowest BCUT2D eigenvalue weighted by atomic mass is 10.1. The highest BCUT2D eigenvalue weighted by atomic mass is 35.5. The predicted octanol–water partition coefficient (Wildman–Crippen LogP) is 3.92. The molecule has 0 unspecified atom stereocenters. The topological polar surface area (TPSA) is 83.6 Å². The van der Waals surface area contributed by atoms with Crippen LogP contribution in [0.15, 0.2) is 42.5 Å². The van der Waals surface area contributed by atoms with Gasteiger partial charge >= 0.3 is 6.18 Å². The van der Waals surface area contributed by atoms with Gasteiger partial charge in [0.05, 0.1) is 33.5 Å². The van der Waals surface area contributed by atoms with Crippen LogP contribution >= 0.6 is 11.6 Å². The zero-order valence-electron chi connectivity index (χ0n) is 14.8. The molecule has 3 rings (SSSR count). The summed E-state index contributed by atoms with van der Waals surface area (Å²) in [6.45, 7) is 1.48. The smallest absolute Gasteiger partial charge is 0.322 e. The Morgan fingerprint density at radius 3 is 2.45 bits per heavy atom. The number of sulfonamides is 1.